The first-order chi connectivity index (χ1) is 10.8. The highest BCUT2D eigenvalue weighted by atomic mass is 32.2. The van der Waals surface area contributed by atoms with E-state index in [1.807, 2.05) is 10.8 Å². The van der Waals surface area contributed by atoms with Crippen LogP contribution < -0.4 is 4.74 Å². The Morgan fingerprint density at radius 2 is 2.18 bits per heavy atom. The van der Waals surface area contributed by atoms with Gasteiger partial charge in [-0.3, -0.25) is 0 Å². The molecule has 1 aliphatic carbocycles. The molecule has 1 saturated carbocycles. The van der Waals surface area contributed by atoms with Gasteiger partial charge in [-0.25, -0.2) is 4.68 Å². The Morgan fingerprint density at radius 1 is 1.41 bits per heavy atom. The molecule has 2 aromatic rings. The molecule has 0 spiro atoms. The number of benzene rings is 1. The van der Waals surface area contributed by atoms with Crippen LogP contribution in [0.3, 0.4) is 0 Å². The first-order valence-corrected chi connectivity index (χ1v) is 7.96. The first-order valence-electron chi connectivity index (χ1n) is 6.98. The number of nitrogens with zero attached hydrogens (tertiary/aromatic N) is 5. The third-order valence-corrected chi connectivity index (χ3v) is 4.26. The summed E-state index contributed by atoms with van der Waals surface area (Å²) in [5.74, 6) is 1.09. The van der Waals surface area contributed by atoms with Crippen molar-refractivity contribution in [2.75, 3.05) is 12.4 Å². The predicted molar refractivity (Wildman–Crippen MR) is 79.5 cm³/mol. The molecule has 3 rings (SSSR count). The Morgan fingerprint density at radius 3 is 2.86 bits per heavy atom. The maximum Gasteiger partial charge on any atom is 0.209 e. The second-order valence-electron chi connectivity index (χ2n) is 5.05. The minimum absolute atomic E-state index is 0.184. The Labute approximate surface area is 131 Å². The largest absolute Gasteiger partial charge is 0.491 e. The smallest absolute Gasteiger partial charge is 0.209 e. The molecule has 1 atom stereocenters. The van der Waals surface area contributed by atoms with Crippen LogP contribution >= 0.6 is 11.8 Å². The Bertz CT molecular complexity index is 663. The highest BCUT2D eigenvalue weighted by Crippen LogP contribution is 2.36. The molecule has 1 aliphatic rings. The molecule has 1 unspecified atom stereocenters. The van der Waals surface area contributed by atoms with Gasteiger partial charge in [-0.05, 0) is 47.5 Å². The van der Waals surface area contributed by atoms with Crippen molar-refractivity contribution in [2.45, 2.75) is 30.1 Å². The highest BCUT2D eigenvalue weighted by molar-refractivity contribution is 7.99. The molecule has 22 heavy (non-hydrogen) atoms. The maximum atomic E-state index is 9.98. The fourth-order valence-corrected chi connectivity index (χ4v) is 2.72. The van der Waals surface area contributed by atoms with Crippen molar-refractivity contribution < 1.29 is 9.84 Å². The van der Waals surface area contributed by atoms with Crippen LogP contribution in [0.4, 0.5) is 0 Å². The van der Waals surface area contributed by atoms with E-state index in [0.29, 0.717) is 23.1 Å². The van der Waals surface area contributed by atoms with Gasteiger partial charge in [0.15, 0.2) is 0 Å². The highest BCUT2D eigenvalue weighted by Gasteiger charge is 2.28. The fraction of sp³-hybridized carbons (Fsp3) is 0.429. The van der Waals surface area contributed by atoms with Crippen LogP contribution in [0, 0.1) is 11.3 Å². The topological polar surface area (TPSA) is 96.8 Å². The summed E-state index contributed by atoms with van der Waals surface area (Å²) in [4.78, 5) is 0. The van der Waals surface area contributed by atoms with Crippen LogP contribution in [0.15, 0.2) is 29.4 Å². The lowest BCUT2D eigenvalue weighted by Gasteiger charge is -2.11. The van der Waals surface area contributed by atoms with Crippen molar-refractivity contribution in [3.05, 3.63) is 29.8 Å². The molecular formula is C14H15N5O2S. The quantitative estimate of drug-likeness (QED) is 0.771. The van der Waals surface area contributed by atoms with E-state index >= 15 is 0 Å². The summed E-state index contributed by atoms with van der Waals surface area (Å²) in [6.45, 7) is 0.184. The Hall–Kier alpha value is -2.11. The lowest BCUT2D eigenvalue weighted by molar-refractivity contribution is 0.126. The molecule has 1 heterocycles. The van der Waals surface area contributed by atoms with Gasteiger partial charge in [0.05, 0.1) is 23.8 Å². The zero-order valence-corrected chi connectivity index (χ0v) is 12.6. The summed E-state index contributed by atoms with van der Waals surface area (Å²) < 4.78 is 7.31. The molecular weight excluding hydrogens is 302 g/mol. The van der Waals surface area contributed by atoms with E-state index in [1.165, 1.54) is 11.8 Å². The van der Waals surface area contributed by atoms with Crippen LogP contribution in [0.1, 0.15) is 24.4 Å². The molecule has 114 valence electrons. The summed E-state index contributed by atoms with van der Waals surface area (Å²) in [5, 5.41) is 31.0. The van der Waals surface area contributed by atoms with Crippen LogP contribution in [0.5, 0.6) is 5.75 Å². The summed E-state index contributed by atoms with van der Waals surface area (Å²) >= 11 is 1.43. The molecule has 1 aromatic heterocycles. The van der Waals surface area contributed by atoms with Crippen molar-refractivity contribution in [3.8, 4) is 11.8 Å². The number of hydrogen-bond acceptors (Lipinski definition) is 7. The molecule has 0 amide bonds. The molecule has 0 aliphatic heterocycles. The van der Waals surface area contributed by atoms with Gasteiger partial charge >= 0.3 is 0 Å². The van der Waals surface area contributed by atoms with Gasteiger partial charge < -0.3 is 9.84 Å². The maximum absolute atomic E-state index is 9.98. The number of aliphatic hydroxyl groups excluding tert-OH is 1. The number of nitriles is 1. The summed E-state index contributed by atoms with van der Waals surface area (Å²) in [6, 6.07) is 9.26. The standard InChI is InChI=1S/C14H15N5O2S/c15-7-10-1-5-13(6-2-10)21-8-12(20)9-22-14-16-17-18-19(14)11-3-4-11/h1-2,5-6,11-12,20H,3-4,8-9H2. The minimum atomic E-state index is -0.620. The molecule has 0 radical (unpaired) electrons. The number of hydrogen-bond donors (Lipinski definition) is 1. The molecule has 1 N–H and O–H groups in total. The lowest BCUT2D eigenvalue weighted by Crippen LogP contribution is -2.20. The van der Waals surface area contributed by atoms with E-state index in [1.54, 1.807) is 24.3 Å². The SMILES string of the molecule is N#Cc1ccc(OCC(O)CSc2nnnn2C2CC2)cc1. The molecule has 1 fully saturated rings. The van der Waals surface area contributed by atoms with E-state index in [4.69, 9.17) is 10.00 Å². The van der Waals surface area contributed by atoms with Crippen molar-refractivity contribution in [1.29, 1.82) is 5.26 Å². The number of ether oxygens (including phenoxy) is 1. The average molecular weight is 317 g/mol. The van der Waals surface area contributed by atoms with Crippen molar-refractivity contribution in [2.24, 2.45) is 0 Å². The van der Waals surface area contributed by atoms with Crippen molar-refractivity contribution >= 4 is 11.8 Å². The normalized spacial score (nSPS) is 15.3. The van der Waals surface area contributed by atoms with Crippen molar-refractivity contribution in [3.63, 3.8) is 0 Å². The van der Waals surface area contributed by atoms with E-state index in [-0.39, 0.29) is 6.61 Å². The zero-order chi connectivity index (χ0) is 15.4. The summed E-state index contributed by atoms with van der Waals surface area (Å²) in [7, 11) is 0. The van der Waals surface area contributed by atoms with Gasteiger partial charge in [0.25, 0.3) is 0 Å². The van der Waals surface area contributed by atoms with E-state index in [9.17, 15) is 5.11 Å². The van der Waals surface area contributed by atoms with Crippen LogP contribution in [0.2, 0.25) is 0 Å². The van der Waals surface area contributed by atoms with E-state index < -0.39 is 6.10 Å². The molecule has 0 bridgehead atoms. The van der Waals surface area contributed by atoms with Crippen LogP contribution in [-0.2, 0) is 0 Å². The van der Waals surface area contributed by atoms with Gasteiger partial charge in [-0.15, -0.1) is 5.10 Å². The molecule has 1 aromatic carbocycles. The number of tetrazole rings is 1. The second-order valence-corrected chi connectivity index (χ2v) is 6.04. The average Bonchev–Trinajstić information content (AvgIpc) is 3.29. The van der Waals surface area contributed by atoms with E-state index in [0.717, 1.165) is 18.0 Å². The molecule has 8 heteroatoms. The fourth-order valence-electron chi connectivity index (χ4n) is 1.87. The Balaban J connectivity index is 1.45. The number of thioether (sulfide) groups is 1. The third kappa shape index (κ3) is 3.75. The van der Waals surface area contributed by atoms with Gasteiger partial charge in [0.2, 0.25) is 5.16 Å². The van der Waals surface area contributed by atoms with Gasteiger partial charge in [-0.1, -0.05) is 11.8 Å². The van der Waals surface area contributed by atoms with Crippen LogP contribution in [0.25, 0.3) is 0 Å². The number of rotatable bonds is 7. The number of aromatic nitrogens is 4. The van der Waals surface area contributed by atoms with Gasteiger partial charge in [0, 0.05) is 5.75 Å². The zero-order valence-electron chi connectivity index (χ0n) is 11.8. The lowest BCUT2D eigenvalue weighted by atomic mass is 10.2. The summed E-state index contributed by atoms with van der Waals surface area (Å²) in [5.41, 5.74) is 0.579. The van der Waals surface area contributed by atoms with Gasteiger partial charge in [-0.2, -0.15) is 5.26 Å². The Kier molecular flexibility index (Phi) is 4.56. The monoisotopic (exact) mass is 317 g/mol. The van der Waals surface area contributed by atoms with Gasteiger partial charge in [0.1, 0.15) is 12.4 Å². The molecule has 0 saturated heterocycles. The minimum Gasteiger partial charge on any atom is -0.491 e. The predicted octanol–water partition coefficient (Wildman–Crippen LogP) is 1.41. The summed E-state index contributed by atoms with van der Waals surface area (Å²) in [6.07, 6.45) is 1.61. The molecule has 7 nitrogen and oxygen atoms in total. The first kappa shape index (κ1) is 14.8. The third-order valence-electron chi connectivity index (χ3n) is 3.19. The second kappa shape index (κ2) is 6.77. The number of aliphatic hydroxyl groups is 1. The van der Waals surface area contributed by atoms with Crippen molar-refractivity contribution in [1.82, 2.24) is 20.2 Å². The van der Waals surface area contributed by atoms with Crippen LogP contribution in [-0.4, -0.2) is 43.8 Å². The van der Waals surface area contributed by atoms with E-state index in [2.05, 4.69) is 15.5 Å².